The Hall–Kier alpha value is -2.54. The predicted molar refractivity (Wildman–Crippen MR) is 91.3 cm³/mol. The van der Waals surface area contributed by atoms with E-state index in [0.717, 1.165) is 5.56 Å². The van der Waals surface area contributed by atoms with Crippen molar-refractivity contribution < 1.29 is 9.59 Å². The van der Waals surface area contributed by atoms with E-state index >= 15 is 0 Å². The molecule has 1 fully saturated rings. The first-order valence-corrected chi connectivity index (χ1v) is 8.03. The number of hydrogen-bond acceptors (Lipinski definition) is 3. The number of amides is 3. The van der Waals surface area contributed by atoms with Crippen molar-refractivity contribution in [2.45, 2.75) is 6.92 Å². The van der Waals surface area contributed by atoms with Crippen LogP contribution in [-0.4, -0.2) is 58.1 Å². The van der Waals surface area contributed by atoms with Crippen molar-refractivity contribution in [3.05, 3.63) is 46.7 Å². The molecule has 1 saturated heterocycles. The van der Waals surface area contributed by atoms with E-state index in [1.54, 1.807) is 40.3 Å². The molecule has 3 rings (SSSR count). The number of aryl methyl sites for hydroxylation is 1. The average Bonchev–Trinajstić information content (AvgIpc) is 3.00. The van der Waals surface area contributed by atoms with Gasteiger partial charge in [-0.15, -0.1) is 0 Å². The molecule has 0 aliphatic carbocycles. The van der Waals surface area contributed by atoms with Gasteiger partial charge in [-0.05, 0) is 30.7 Å². The van der Waals surface area contributed by atoms with Gasteiger partial charge in [0.25, 0.3) is 5.91 Å². The van der Waals surface area contributed by atoms with E-state index in [1.807, 2.05) is 6.92 Å². The second-order valence-corrected chi connectivity index (χ2v) is 6.08. The molecule has 0 radical (unpaired) electrons. The molecule has 0 bridgehead atoms. The number of benzene rings is 1. The lowest BCUT2D eigenvalue weighted by Crippen LogP contribution is -2.51. The first-order chi connectivity index (χ1) is 11.5. The molecule has 7 nitrogen and oxygen atoms in total. The molecule has 0 unspecified atom stereocenters. The molecule has 2 aromatic rings. The van der Waals surface area contributed by atoms with Crippen molar-refractivity contribution in [3.8, 4) is 0 Å². The molecule has 8 heteroatoms. The Balaban J connectivity index is 1.56. The van der Waals surface area contributed by atoms with Crippen molar-refractivity contribution in [1.29, 1.82) is 0 Å². The zero-order valence-electron chi connectivity index (χ0n) is 13.3. The molecular formula is C16H18ClN5O2. The topological polar surface area (TPSA) is 81.3 Å². The Morgan fingerprint density at radius 1 is 1.21 bits per heavy atom. The molecule has 126 valence electrons. The second-order valence-electron chi connectivity index (χ2n) is 5.65. The minimum absolute atomic E-state index is 0.0834. The molecule has 24 heavy (non-hydrogen) atoms. The maximum atomic E-state index is 12.4. The maximum Gasteiger partial charge on any atom is 0.321 e. The molecule has 1 aliphatic heterocycles. The third-order valence-electron chi connectivity index (χ3n) is 3.97. The van der Waals surface area contributed by atoms with Gasteiger partial charge in [-0.1, -0.05) is 17.7 Å². The number of aromatic amines is 1. The van der Waals surface area contributed by atoms with Crippen LogP contribution in [0.5, 0.6) is 0 Å². The molecule has 0 atom stereocenters. The van der Waals surface area contributed by atoms with Crippen LogP contribution in [0.2, 0.25) is 5.02 Å². The summed E-state index contributed by atoms with van der Waals surface area (Å²) < 4.78 is 0. The Kier molecular flexibility index (Phi) is 4.71. The van der Waals surface area contributed by atoms with E-state index in [1.165, 1.54) is 0 Å². The van der Waals surface area contributed by atoms with Crippen molar-refractivity contribution in [3.63, 3.8) is 0 Å². The van der Waals surface area contributed by atoms with Crippen LogP contribution in [0.15, 0.2) is 30.5 Å². The number of carbonyl (C=O) groups is 2. The number of carbonyl (C=O) groups excluding carboxylic acids is 2. The van der Waals surface area contributed by atoms with Gasteiger partial charge in [0.15, 0.2) is 0 Å². The van der Waals surface area contributed by atoms with Crippen LogP contribution in [-0.2, 0) is 0 Å². The highest BCUT2D eigenvalue weighted by molar-refractivity contribution is 6.30. The van der Waals surface area contributed by atoms with Crippen molar-refractivity contribution >= 4 is 29.2 Å². The fraction of sp³-hybridized carbons (Fsp3) is 0.312. The summed E-state index contributed by atoms with van der Waals surface area (Å²) in [5, 5.41) is 9.99. The normalized spacial score (nSPS) is 14.6. The third kappa shape index (κ3) is 3.51. The molecule has 0 spiro atoms. The van der Waals surface area contributed by atoms with E-state index < -0.39 is 0 Å². The van der Waals surface area contributed by atoms with Gasteiger partial charge >= 0.3 is 6.03 Å². The molecule has 1 aliphatic rings. The van der Waals surface area contributed by atoms with E-state index in [-0.39, 0.29) is 11.9 Å². The second kappa shape index (κ2) is 6.92. The summed E-state index contributed by atoms with van der Waals surface area (Å²) in [6, 6.07) is 6.81. The largest absolute Gasteiger partial charge is 0.334 e. The third-order valence-corrected chi connectivity index (χ3v) is 4.21. The molecule has 2 N–H and O–H groups in total. The maximum absolute atomic E-state index is 12.4. The zero-order valence-corrected chi connectivity index (χ0v) is 14.0. The van der Waals surface area contributed by atoms with Crippen LogP contribution >= 0.6 is 11.6 Å². The minimum Gasteiger partial charge on any atom is -0.334 e. The number of H-pyrrole nitrogens is 1. The Bertz CT molecular complexity index is 752. The van der Waals surface area contributed by atoms with Gasteiger partial charge < -0.3 is 15.1 Å². The fourth-order valence-electron chi connectivity index (χ4n) is 2.60. The zero-order chi connectivity index (χ0) is 17.1. The lowest BCUT2D eigenvalue weighted by atomic mass is 10.2. The van der Waals surface area contributed by atoms with Crippen LogP contribution in [0.4, 0.5) is 10.5 Å². The number of urea groups is 1. The molecular weight excluding hydrogens is 330 g/mol. The summed E-state index contributed by atoms with van der Waals surface area (Å²) in [5.74, 6) is -0.0834. The Labute approximate surface area is 144 Å². The molecule has 1 aromatic heterocycles. The van der Waals surface area contributed by atoms with Gasteiger partial charge in [-0.2, -0.15) is 5.10 Å². The van der Waals surface area contributed by atoms with Gasteiger partial charge in [-0.25, -0.2) is 4.79 Å². The molecule has 2 heterocycles. The summed E-state index contributed by atoms with van der Waals surface area (Å²) in [6.07, 6.45) is 1.63. The quantitative estimate of drug-likeness (QED) is 0.875. The number of nitrogens with zero attached hydrogens (tertiary/aromatic N) is 3. The summed E-state index contributed by atoms with van der Waals surface area (Å²) in [6.45, 7) is 3.77. The number of hydrogen-bond donors (Lipinski definition) is 2. The highest BCUT2D eigenvalue weighted by Gasteiger charge is 2.26. The lowest BCUT2D eigenvalue weighted by molar-refractivity contribution is 0.0665. The number of aromatic nitrogens is 2. The SMILES string of the molecule is Cc1cn[nH]c1C(=O)N1CCN(C(=O)Nc2cccc(Cl)c2)CC1. The summed E-state index contributed by atoms with van der Waals surface area (Å²) in [7, 11) is 0. The van der Waals surface area contributed by atoms with Gasteiger partial charge in [0.05, 0.1) is 6.20 Å². The number of nitrogens with one attached hydrogen (secondary N) is 2. The van der Waals surface area contributed by atoms with Crippen LogP contribution in [0.25, 0.3) is 0 Å². The summed E-state index contributed by atoms with van der Waals surface area (Å²) in [5.41, 5.74) is 1.98. The van der Waals surface area contributed by atoms with Crippen LogP contribution in [0.1, 0.15) is 16.1 Å². The van der Waals surface area contributed by atoms with Crippen LogP contribution < -0.4 is 5.32 Å². The number of rotatable bonds is 2. The van der Waals surface area contributed by atoms with Gasteiger partial charge in [0.1, 0.15) is 5.69 Å². The average molecular weight is 348 g/mol. The smallest absolute Gasteiger partial charge is 0.321 e. The Morgan fingerprint density at radius 3 is 2.54 bits per heavy atom. The minimum atomic E-state index is -0.193. The van der Waals surface area contributed by atoms with Crippen molar-refractivity contribution in [1.82, 2.24) is 20.0 Å². The number of piperazine rings is 1. The molecule has 0 saturated carbocycles. The molecule has 1 aromatic carbocycles. The lowest BCUT2D eigenvalue weighted by Gasteiger charge is -2.34. The Morgan fingerprint density at radius 2 is 1.92 bits per heavy atom. The first kappa shape index (κ1) is 16.3. The van der Waals surface area contributed by atoms with Gasteiger partial charge in [0.2, 0.25) is 0 Å². The standard InChI is InChI=1S/C16H18ClN5O2/c1-11-10-18-20-14(11)15(23)21-5-7-22(8-6-21)16(24)19-13-4-2-3-12(17)9-13/h2-4,9-10H,5-8H2,1H3,(H,18,20)(H,19,24). The van der Waals surface area contributed by atoms with E-state index in [9.17, 15) is 9.59 Å². The van der Waals surface area contributed by atoms with Gasteiger partial charge in [0, 0.05) is 36.9 Å². The van der Waals surface area contributed by atoms with Crippen molar-refractivity contribution in [2.24, 2.45) is 0 Å². The fourth-order valence-corrected chi connectivity index (χ4v) is 2.79. The highest BCUT2D eigenvalue weighted by Crippen LogP contribution is 2.16. The monoisotopic (exact) mass is 347 g/mol. The van der Waals surface area contributed by atoms with E-state index in [2.05, 4.69) is 15.5 Å². The molecule has 3 amide bonds. The highest BCUT2D eigenvalue weighted by atomic mass is 35.5. The number of anilines is 1. The number of halogens is 1. The first-order valence-electron chi connectivity index (χ1n) is 7.65. The van der Waals surface area contributed by atoms with E-state index in [4.69, 9.17) is 11.6 Å². The predicted octanol–water partition coefficient (Wildman–Crippen LogP) is 2.36. The summed E-state index contributed by atoms with van der Waals surface area (Å²) in [4.78, 5) is 28.1. The van der Waals surface area contributed by atoms with Gasteiger partial charge in [-0.3, -0.25) is 9.89 Å². The van der Waals surface area contributed by atoms with Crippen molar-refractivity contribution in [2.75, 3.05) is 31.5 Å². The summed E-state index contributed by atoms with van der Waals surface area (Å²) >= 11 is 5.91. The van der Waals surface area contributed by atoms with Crippen LogP contribution in [0, 0.1) is 6.92 Å². The van der Waals surface area contributed by atoms with Crippen LogP contribution in [0.3, 0.4) is 0 Å². The van der Waals surface area contributed by atoms with E-state index in [0.29, 0.717) is 42.6 Å².